The summed E-state index contributed by atoms with van der Waals surface area (Å²) in [6.45, 7) is 4.15. The quantitative estimate of drug-likeness (QED) is 0.834. The lowest BCUT2D eigenvalue weighted by atomic mass is 9.84. The van der Waals surface area contributed by atoms with Gasteiger partial charge in [0.2, 0.25) is 5.91 Å². The molecule has 1 aliphatic rings. The molecule has 110 valence electrons. The van der Waals surface area contributed by atoms with Crippen LogP contribution < -0.4 is 10.6 Å². The molecule has 3 nitrogen and oxygen atoms in total. The van der Waals surface area contributed by atoms with Crippen molar-refractivity contribution in [3.63, 3.8) is 0 Å². The third kappa shape index (κ3) is 4.26. The standard InChI is InChI=1S/C17H26N2O/c1-3-13-7-5-8-14(11-13)18-15-9-6-10-16(12-15)19-17(20)4-2/h6,9-10,12-14,18H,3-5,7-8,11H2,1-2H3,(H,19,20). The van der Waals surface area contributed by atoms with Gasteiger partial charge in [0.25, 0.3) is 0 Å². The summed E-state index contributed by atoms with van der Waals surface area (Å²) in [6, 6.07) is 8.62. The van der Waals surface area contributed by atoms with E-state index in [-0.39, 0.29) is 5.91 Å². The van der Waals surface area contributed by atoms with Crippen LogP contribution in [0.3, 0.4) is 0 Å². The van der Waals surface area contributed by atoms with Crippen LogP contribution in [0.5, 0.6) is 0 Å². The van der Waals surface area contributed by atoms with Crippen LogP contribution >= 0.6 is 0 Å². The van der Waals surface area contributed by atoms with E-state index in [4.69, 9.17) is 0 Å². The maximum Gasteiger partial charge on any atom is 0.224 e. The van der Waals surface area contributed by atoms with Gasteiger partial charge in [0, 0.05) is 23.8 Å². The lowest BCUT2D eigenvalue weighted by molar-refractivity contribution is -0.115. The number of nitrogens with one attached hydrogen (secondary N) is 2. The first kappa shape index (κ1) is 14.9. The van der Waals surface area contributed by atoms with E-state index in [0.717, 1.165) is 17.3 Å². The lowest BCUT2D eigenvalue weighted by Gasteiger charge is -2.30. The summed E-state index contributed by atoms with van der Waals surface area (Å²) < 4.78 is 0. The molecular formula is C17H26N2O. The highest BCUT2D eigenvalue weighted by Crippen LogP contribution is 2.29. The van der Waals surface area contributed by atoms with Crippen LogP contribution in [0.2, 0.25) is 0 Å². The van der Waals surface area contributed by atoms with Gasteiger partial charge < -0.3 is 10.6 Å². The van der Waals surface area contributed by atoms with Crippen molar-refractivity contribution >= 4 is 17.3 Å². The molecule has 2 N–H and O–H groups in total. The largest absolute Gasteiger partial charge is 0.382 e. The van der Waals surface area contributed by atoms with Gasteiger partial charge in [-0.05, 0) is 37.0 Å². The van der Waals surface area contributed by atoms with Crippen LogP contribution in [0.1, 0.15) is 52.4 Å². The Balaban J connectivity index is 1.95. The molecule has 3 heteroatoms. The Labute approximate surface area is 122 Å². The summed E-state index contributed by atoms with van der Waals surface area (Å²) in [6.07, 6.45) is 7.01. The van der Waals surface area contributed by atoms with Crippen LogP contribution in [0.4, 0.5) is 11.4 Å². The second-order valence-corrected chi connectivity index (χ2v) is 5.76. The van der Waals surface area contributed by atoms with Crippen molar-refractivity contribution in [2.75, 3.05) is 10.6 Å². The number of anilines is 2. The third-order valence-electron chi connectivity index (χ3n) is 4.20. The van der Waals surface area contributed by atoms with Crippen molar-refractivity contribution in [1.29, 1.82) is 0 Å². The smallest absolute Gasteiger partial charge is 0.224 e. The van der Waals surface area contributed by atoms with Crippen molar-refractivity contribution < 1.29 is 4.79 Å². The Bertz CT molecular complexity index is 444. The fourth-order valence-corrected chi connectivity index (χ4v) is 2.96. The summed E-state index contributed by atoms with van der Waals surface area (Å²) in [5.41, 5.74) is 1.99. The number of hydrogen-bond acceptors (Lipinski definition) is 2. The molecule has 0 aromatic heterocycles. The summed E-state index contributed by atoms with van der Waals surface area (Å²) >= 11 is 0. The first-order valence-corrected chi connectivity index (χ1v) is 7.87. The van der Waals surface area contributed by atoms with Gasteiger partial charge in [0.15, 0.2) is 0 Å². The minimum atomic E-state index is 0.0610. The average molecular weight is 274 g/mol. The van der Waals surface area contributed by atoms with Crippen LogP contribution in [0.15, 0.2) is 24.3 Å². The summed E-state index contributed by atoms with van der Waals surface area (Å²) in [5, 5.41) is 6.54. The molecule has 2 atom stereocenters. The fraction of sp³-hybridized carbons (Fsp3) is 0.588. The normalized spacial score (nSPS) is 22.3. The first-order chi connectivity index (χ1) is 9.71. The molecule has 0 aliphatic heterocycles. The third-order valence-corrected chi connectivity index (χ3v) is 4.20. The molecule has 2 unspecified atom stereocenters. The van der Waals surface area contributed by atoms with Gasteiger partial charge in [-0.15, -0.1) is 0 Å². The second kappa shape index (κ2) is 7.32. The Morgan fingerprint density at radius 1 is 1.25 bits per heavy atom. The van der Waals surface area contributed by atoms with E-state index < -0.39 is 0 Å². The highest BCUT2D eigenvalue weighted by atomic mass is 16.1. The predicted octanol–water partition coefficient (Wildman–Crippen LogP) is 4.42. The lowest BCUT2D eigenvalue weighted by Crippen LogP contribution is -2.27. The molecule has 1 amide bonds. The zero-order valence-corrected chi connectivity index (χ0v) is 12.6. The van der Waals surface area contributed by atoms with Crippen LogP contribution in [-0.2, 0) is 4.79 Å². The molecule has 1 aromatic carbocycles. The van der Waals surface area contributed by atoms with E-state index in [1.807, 2.05) is 25.1 Å². The Kier molecular flexibility index (Phi) is 5.45. The molecule has 0 radical (unpaired) electrons. The van der Waals surface area contributed by atoms with Gasteiger partial charge in [-0.2, -0.15) is 0 Å². The van der Waals surface area contributed by atoms with Crippen LogP contribution in [0.25, 0.3) is 0 Å². The Morgan fingerprint density at radius 2 is 2.05 bits per heavy atom. The van der Waals surface area contributed by atoms with E-state index >= 15 is 0 Å². The Morgan fingerprint density at radius 3 is 2.80 bits per heavy atom. The summed E-state index contributed by atoms with van der Waals surface area (Å²) in [5.74, 6) is 0.926. The molecule has 1 saturated carbocycles. The zero-order valence-electron chi connectivity index (χ0n) is 12.6. The molecule has 1 aromatic rings. The van der Waals surface area contributed by atoms with E-state index in [0.29, 0.717) is 12.5 Å². The van der Waals surface area contributed by atoms with Crippen molar-refractivity contribution in [1.82, 2.24) is 0 Å². The molecule has 0 saturated heterocycles. The van der Waals surface area contributed by atoms with Gasteiger partial charge >= 0.3 is 0 Å². The van der Waals surface area contributed by atoms with E-state index in [9.17, 15) is 4.79 Å². The monoisotopic (exact) mass is 274 g/mol. The van der Waals surface area contributed by atoms with Gasteiger partial charge in [-0.3, -0.25) is 4.79 Å². The summed E-state index contributed by atoms with van der Waals surface area (Å²) in [7, 11) is 0. The fourth-order valence-electron chi connectivity index (χ4n) is 2.96. The van der Waals surface area contributed by atoms with Crippen molar-refractivity contribution in [2.45, 2.75) is 58.4 Å². The number of benzene rings is 1. The van der Waals surface area contributed by atoms with Crippen LogP contribution in [-0.4, -0.2) is 11.9 Å². The van der Waals surface area contributed by atoms with Crippen molar-refractivity contribution in [3.8, 4) is 0 Å². The number of carbonyl (C=O) groups excluding carboxylic acids is 1. The minimum absolute atomic E-state index is 0.0610. The van der Waals surface area contributed by atoms with Gasteiger partial charge in [0.05, 0.1) is 0 Å². The molecule has 0 spiro atoms. The van der Waals surface area contributed by atoms with Crippen LogP contribution in [0, 0.1) is 5.92 Å². The number of rotatable bonds is 5. The van der Waals surface area contributed by atoms with E-state index in [1.165, 1.54) is 32.1 Å². The topological polar surface area (TPSA) is 41.1 Å². The maximum atomic E-state index is 11.4. The van der Waals surface area contributed by atoms with Gasteiger partial charge in [-0.1, -0.05) is 39.2 Å². The molecule has 1 fully saturated rings. The van der Waals surface area contributed by atoms with Gasteiger partial charge in [-0.25, -0.2) is 0 Å². The average Bonchev–Trinajstić information content (AvgIpc) is 2.47. The molecule has 2 rings (SSSR count). The molecule has 0 heterocycles. The highest BCUT2D eigenvalue weighted by molar-refractivity contribution is 5.90. The van der Waals surface area contributed by atoms with Gasteiger partial charge in [0.1, 0.15) is 0 Å². The highest BCUT2D eigenvalue weighted by Gasteiger charge is 2.20. The van der Waals surface area contributed by atoms with Crippen molar-refractivity contribution in [2.24, 2.45) is 5.92 Å². The zero-order chi connectivity index (χ0) is 14.4. The molecule has 1 aliphatic carbocycles. The second-order valence-electron chi connectivity index (χ2n) is 5.76. The maximum absolute atomic E-state index is 11.4. The molecule has 20 heavy (non-hydrogen) atoms. The van der Waals surface area contributed by atoms with E-state index in [2.05, 4.69) is 23.6 Å². The molecular weight excluding hydrogens is 248 g/mol. The number of hydrogen-bond donors (Lipinski definition) is 2. The predicted molar refractivity (Wildman–Crippen MR) is 85.0 cm³/mol. The summed E-state index contributed by atoms with van der Waals surface area (Å²) in [4.78, 5) is 11.4. The first-order valence-electron chi connectivity index (χ1n) is 7.87. The minimum Gasteiger partial charge on any atom is -0.382 e. The molecule has 0 bridgehead atoms. The Hall–Kier alpha value is -1.51. The number of carbonyl (C=O) groups is 1. The SMILES string of the molecule is CCC(=O)Nc1cccc(NC2CCCC(CC)C2)c1. The van der Waals surface area contributed by atoms with Crippen molar-refractivity contribution in [3.05, 3.63) is 24.3 Å². The van der Waals surface area contributed by atoms with E-state index in [1.54, 1.807) is 0 Å². The number of amides is 1.